The number of amides is 1. The van der Waals surface area contributed by atoms with Crippen LogP contribution < -0.4 is 5.43 Å². The van der Waals surface area contributed by atoms with Crippen LogP contribution in [0.2, 0.25) is 0 Å². The quantitative estimate of drug-likeness (QED) is 0.565. The van der Waals surface area contributed by atoms with Gasteiger partial charge in [-0.1, -0.05) is 6.58 Å². The summed E-state index contributed by atoms with van der Waals surface area (Å²) in [7, 11) is 0. The van der Waals surface area contributed by atoms with Crippen LogP contribution in [-0.4, -0.2) is 16.5 Å². The lowest BCUT2D eigenvalue weighted by atomic mass is 10.0. The van der Waals surface area contributed by atoms with Gasteiger partial charge in [-0.25, -0.2) is 0 Å². The molecule has 0 unspecified atom stereocenters. The van der Waals surface area contributed by atoms with Crippen molar-refractivity contribution in [2.24, 2.45) is 0 Å². The lowest BCUT2D eigenvalue weighted by Crippen LogP contribution is -2.46. The lowest BCUT2D eigenvalue weighted by molar-refractivity contribution is -0.135. The van der Waals surface area contributed by atoms with E-state index >= 15 is 0 Å². The van der Waals surface area contributed by atoms with Gasteiger partial charge in [-0.3, -0.25) is 9.80 Å². The van der Waals surface area contributed by atoms with E-state index in [1.807, 2.05) is 13.8 Å². The van der Waals surface area contributed by atoms with E-state index in [-0.39, 0.29) is 11.4 Å². The monoisotopic (exact) mass is 154 g/mol. The molecule has 0 spiro atoms. The number of hydrogen-bond donors (Lipinski definition) is 1. The molecular formula is C8H14N2O. The lowest BCUT2D eigenvalue weighted by Gasteiger charge is -2.28. The maximum atomic E-state index is 11.0. The standard InChI is InChI=1S/C8H14N2O/c1-6-5-8(3,4)10(9-6)7(2)11/h9H,1,5H2,2-4H3. The van der Waals surface area contributed by atoms with Gasteiger partial charge < -0.3 is 5.43 Å². The molecule has 1 amide bonds. The van der Waals surface area contributed by atoms with Crippen LogP contribution in [0.25, 0.3) is 0 Å². The summed E-state index contributed by atoms with van der Waals surface area (Å²) in [5.41, 5.74) is 3.72. The van der Waals surface area contributed by atoms with Gasteiger partial charge in [0.2, 0.25) is 5.91 Å². The van der Waals surface area contributed by atoms with Gasteiger partial charge in [0.05, 0.1) is 5.54 Å². The first kappa shape index (κ1) is 8.11. The highest BCUT2D eigenvalue weighted by molar-refractivity contribution is 5.74. The fourth-order valence-electron chi connectivity index (χ4n) is 1.46. The Morgan fingerprint density at radius 1 is 1.73 bits per heavy atom. The smallest absolute Gasteiger partial charge is 0.238 e. The third kappa shape index (κ3) is 1.37. The molecule has 1 fully saturated rings. The van der Waals surface area contributed by atoms with Gasteiger partial charge in [-0.05, 0) is 13.8 Å². The van der Waals surface area contributed by atoms with Crippen LogP contribution >= 0.6 is 0 Å². The van der Waals surface area contributed by atoms with Crippen molar-refractivity contribution in [3.05, 3.63) is 12.3 Å². The number of hydrogen-bond acceptors (Lipinski definition) is 2. The Morgan fingerprint density at radius 3 is 2.45 bits per heavy atom. The number of hydrazine groups is 1. The second-order valence-electron chi connectivity index (χ2n) is 3.56. The highest BCUT2D eigenvalue weighted by atomic mass is 16.2. The second-order valence-corrected chi connectivity index (χ2v) is 3.56. The maximum absolute atomic E-state index is 11.0. The molecule has 1 heterocycles. The van der Waals surface area contributed by atoms with Gasteiger partial charge in [0.1, 0.15) is 0 Å². The first-order valence-corrected chi connectivity index (χ1v) is 3.69. The van der Waals surface area contributed by atoms with Gasteiger partial charge in [0.25, 0.3) is 0 Å². The molecule has 0 saturated carbocycles. The number of carbonyl (C=O) groups excluding carboxylic acids is 1. The number of nitrogens with one attached hydrogen (secondary N) is 1. The molecule has 1 rings (SSSR count). The van der Waals surface area contributed by atoms with Crippen LogP contribution in [0.4, 0.5) is 0 Å². The minimum absolute atomic E-state index is 0.0358. The summed E-state index contributed by atoms with van der Waals surface area (Å²) in [5, 5.41) is 1.62. The summed E-state index contributed by atoms with van der Waals surface area (Å²) in [6.45, 7) is 9.35. The van der Waals surface area contributed by atoms with Gasteiger partial charge in [-0.15, -0.1) is 0 Å². The van der Waals surface area contributed by atoms with E-state index in [9.17, 15) is 4.79 Å². The van der Waals surface area contributed by atoms with Crippen molar-refractivity contribution in [1.29, 1.82) is 0 Å². The summed E-state index contributed by atoms with van der Waals surface area (Å²) in [5.74, 6) is 0.0358. The maximum Gasteiger partial charge on any atom is 0.238 e. The average Bonchev–Trinajstić information content (AvgIpc) is 2.04. The molecule has 0 atom stereocenters. The van der Waals surface area contributed by atoms with E-state index in [0.717, 1.165) is 12.1 Å². The van der Waals surface area contributed by atoms with Crippen LogP contribution in [-0.2, 0) is 4.79 Å². The van der Waals surface area contributed by atoms with Gasteiger partial charge in [0.15, 0.2) is 0 Å². The van der Waals surface area contributed by atoms with Crippen molar-refractivity contribution in [3.63, 3.8) is 0 Å². The van der Waals surface area contributed by atoms with Crippen LogP contribution in [0.15, 0.2) is 12.3 Å². The molecule has 0 aromatic heterocycles. The fraction of sp³-hybridized carbons (Fsp3) is 0.625. The Labute approximate surface area is 67.0 Å². The second kappa shape index (κ2) is 2.26. The summed E-state index contributed by atoms with van der Waals surface area (Å²) in [6, 6.07) is 0. The van der Waals surface area contributed by atoms with E-state index in [1.54, 1.807) is 11.9 Å². The third-order valence-corrected chi connectivity index (χ3v) is 1.84. The van der Waals surface area contributed by atoms with E-state index in [4.69, 9.17) is 0 Å². The van der Waals surface area contributed by atoms with E-state index in [1.165, 1.54) is 0 Å². The summed E-state index contributed by atoms with van der Waals surface area (Å²) in [6.07, 6.45) is 0.826. The molecule has 0 radical (unpaired) electrons. The normalized spacial score (nSPS) is 21.7. The summed E-state index contributed by atoms with van der Waals surface area (Å²) >= 11 is 0. The summed E-state index contributed by atoms with van der Waals surface area (Å²) < 4.78 is 0. The predicted octanol–water partition coefficient (Wildman–Crippen LogP) is 1.04. The van der Waals surface area contributed by atoms with Gasteiger partial charge >= 0.3 is 0 Å². The van der Waals surface area contributed by atoms with Crippen LogP contribution in [0.5, 0.6) is 0 Å². The minimum atomic E-state index is -0.122. The molecule has 1 N–H and O–H groups in total. The van der Waals surface area contributed by atoms with Crippen molar-refractivity contribution in [2.45, 2.75) is 32.7 Å². The molecule has 0 aromatic carbocycles. The highest BCUT2D eigenvalue weighted by Crippen LogP contribution is 2.26. The first-order valence-electron chi connectivity index (χ1n) is 3.69. The predicted molar refractivity (Wildman–Crippen MR) is 43.5 cm³/mol. The largest absolute Gasteiger partial charge is 0.300 e. The molecule has 0 aromatic rings. The average molecular weight is 154 g/mol. The molecule has 62 valence electrons. The van der Waals surface area contributed by atoms with Crippen LogP contribution in [0.1, 0.15) is 27.2 Å². The molecule has 11 heavy (non-hydrogen) atoms. The summed E-state index contributed by atoms with van der Waals surface area (Å²) in [4.78, 5) is 11.0. The topological polar surface area (TPSA) is 32.3 Å². The molecule has 0 bridgehead atoms. The fourth-order valence-corrected chi connectivity index (χ4v) is 1.46. The van der Waals surface area contributed by atoms with Crippen molar-refractivity contribution in [2.75, 3.05) is 0 Å². The van der Waals surface area contributed by atoms with Crippen molar-refractivity contribution in [1.82, 2.24) is 10.4 Å². The SMILES string of the molecule is C=C1CC(C)(C)N(C(C)=O)N1. The van der Waals surface area contributed by atoms with E-state index in [2.05, 4.69) is 12.0 Å². The van der Waals surface area contributed by atoms with Crippen molar-refractivity contribution < 1.29 is 4.79 Å². The zero-order valence-electron chi connectivity index (χ0n) is 7.27. The molecular weight excluding hydrogens is 140 g/mol. The minimum Gasteiger partial charge on any atom is -0.300 e. The molecule has 0 aliphatic carbocycles. The van der Waals surface area contributed by atoms with Crippen molar-refractivity contribution in [3.8, 4) is 0 Å². The molecule has 3 heteroatoms. The van der Waals surface area contributed by atoms with Crippen molar-refractivity contribution >= 4 is 5.91 Å². The zero-order valence-corrected chi connectivity index (χ0v) is 7.27. The van der Waals surface area contributed by atoms with E-state index < -0.39 is 0 Å². The van der Waals surface area contributed by atoms with Crippen LogP contribution in [0, 0.1) is 0 Å². The third-order valence-electron chi connectivity index (χ3n) is 1.84. The number of carbonyl (C=O) groups is 1. The Morgan fingerprint density at radius 2 is 2.27 bits per heavy atom. The molecule has 3 nitrogen and oxygen atoms in total. The zero-order chi connectivity index (χ0) is 8.65. The first-order chi connectivity index (χ1) is 4.93. The number of nitrogens with zero attached hydrogens (tertiary/aromatic N) is 1. The molecule has 1 saturated heterocycles. The van der Waals surface area contributed by atoms with Crippen LogP contribution in [0.3, 0.4) is 0 Å². The molecule has 1 aliphatic heterocycles. The Balaban J connectivity index is 2.82. The Kier molecular flexibility index (Phi) is 1.66. The van der Waals surface area contributed by atoms with E-state index in [0.29, 0.717) is 0 Å². The Hall–Kier alpha value is -0.990. The number of rotatable bonds is 0. The van der Waals surface area contributed by atoms with Gasteiger partial charge in [0, 0.05) is 19.0 Å². The van der Waals surface area contributed by atoms with Gasteiger partial charge in [-0.2, -0.15) is 0 Å². The highest BCUT2D eigenvalue weighted by Gasteiger charge is 2.35. The Bertz CT molecular complexity index is 208. The molecule has 1 aliphatic rings.